The second-order valence-electron chi connectivity index (χ2n) is 10.5. The summed E-state index contributed by atoms with van der Waals surface area (Å²) in [6.45, 7) is 6.41. The van der Waals surface area contributed by atoms with E-state index in [2.05, 4.69) is 31.1 Å². The molecular weight excluding hydrogens is 504 g/mol. The molecule has 1 saturated heterocycles. The Bertz CT molecular complexity index is 1260. The topological polar surface area (TPSA) is 115 Å². The van der Waals surface area contributed by atoms with Gasteiger partial charge in [-0.05, 0) is 35.2 Å². The maximum absolute atomic E-state index is 14.0. The van der Waals surface area contributed by atoms with Gasteiger partial charge in [-0.3, -0.25) is 4.79 Å². The number of urea groups is 1. The first-order chi connectivity index (χ1) is 18.0. The Morgan fingerprint density at radius 2 is 1.89 bits per heavy atom. The van der Waals surface area contributed by atoms with E-state index in [1.807, 2.05) is 24.3 Å². The maximum atomic E-state index is 14.0. The molecule has 10 heteroatoms. The van der Waals surface area contributed by atoms with Crippen LogP contribution in [0.3, 0.4) is 0 Å². The molecule has 3 N–H and O–H groups in total. The van der Waals surface area contributed by atoms with E-state index >= 15 is 0 Å². The van der Waals surface area contributed by atoms with Gasteiger partial charge in [0.2, 0.25) is 0 Å². The fraction of sp³-hybridized carbons (Fsp3) is 0.393. The minimum atomic E-state index is -1.93. The number of carbonyl (C=O) groups excluding carboxylic acids is 2. The van der Waals surface area contributed by atoms with Crippen LogP contribution in [0.15, 0.2) is 59.4 Å². The summed E-state index contributed by atoms with van der Waals surface area (Å²) in [5.41, 5.74) is 2.48. The molecule has 2 aromatic carbocycles. The minimum Gasteiger partial charge on any atom is -0.496 e. The van der Waals surface area contributed by atoms with Crippen LogP contribution in [0.5, 0.6) is 5.75 Å². The zero-order valence-electron chi connectivity index (χ0n) is 22.0. The molecule has 1 aliphatic rings. The van der Waals surface area contributed by atoms with Gasteiger partial charge in [-0.15, -0.1) is 11.3 Å². The standard InChI is InChI=1S/C28H34N4O5S/c1-27(2,3)22-11-10-19(14-23(22)37-4)24(33)32-13-12-31(26(36)30-20-8-6-5-7-9-20)17-28(32,25(34)35)15-21-16-38-18-29-21/h5-11,14,16,18,25,34-35H,12-13,15,17H2,1-4H3,(H,30,36). The Labute approximate surface area is 226 Å². The first-order valence-electron chi connectivity index (χ1n) is 12.4. The summed E-state index contributed by atoms with van der Waals surface area (Å²) in [5, 5.41) is 26.2. The van der Waals surface area contributed by atoms with Gasteiger partial charge in [0, 0.05) is 36.1 Å². The zero-order chi connectivity index (χ0) is 27.5. The van der Waals surface area contributed by atoms with Gasteiger partial charge in [0.05, 0.1) is 24.9 Å². The van der Waals surface area contributed by atoms with E-state index in [9.17, 15) is 19.8 Å². The lowest BCUT2D eigenvalue weighted by atomic mass is 9.84. The summed E-state index contributed by atoms with van der Waals surface area (Å²) in [6.07, 6.45) is -1.87. The molecular formula is C28H34N4O5S. The number of piperazine rings is 1. The number of para-hydroxylation sites is 1. The van der Waals surface area contributed by atoms with Crippen molar-refractivity contribution >= 4 is 29.0 Å². The maximum Gasteiger partial charge on any atom is 0.321 e. The first kappa shape index (κ1) is 27.6. The predicted molar refractivity (Wildman–Crippen MR) is 147 cm³/mol. The Balaban J connectivity index is 1.69. The van der Waals surface area contributed by atoms with Crippen LogP contribution >= 0.6 is 11.3 Å². The van der Waals surface area contributed by atoms with E-state index < -0.39 is 11.8 Å². The van der Waals surface area contributed by atoms with Crippen molar-refractivity contribution < 1.29 is 24.5 Å². The highest BCUT2D eigenvalue weighted by Gasteiger charge is 2.51. The summed E-state index contributed by atoms with van der Waals surface area (Å²) in [7, 11) is 1.56. The van der Waals surface area contributed by atoms with Gasteiger partial charge in [-0.25, -0.2) is 9.78 Å². The van der Waals surface area contributed by atoms with Gasteiger partial charge >= 0.3 is 6.03 Å². The van der Waals surface area contributed by atoms with Crippen LogP contribution in [0, 0.1) is 0 Å². The Kier molecular flexibility index (Phi) is 8.05. The second kappa shape index (κ2) is 11.1. The molecule has 0 radical (unpaired) electrons. The third-order valence-electron chi connectivity index (χ3n) is 6.86. The fourth-order valence-corrected chi connectivity index (χ4v) is 5.40. The van der Waals surface area contributed by atoms with Crippen molar-refractivity contribution in [3.05, 3.63) is 76.2 Å². The molecule has 3 aromatic rings. The van der Waals surface area contributed by atoms with Crippen molar-refractivity contribution in [1.82, 2.24) is 14.8 Å². The SMILES string of the molecule is COc1cc(C(=O)N2CCN(C(=O)Nc3ccccc3)CC2(Cc2cscn2)C(O)O)ccc1C(C)(C)C. The summed E-state index contributed by atoms with van der Waals surface area (Å²) in [4.78, 5) is 34.4. The number of hydrogen-bond acceptors (Lipinski definition) is 7. The van der Waals surface area contributed by atoms with Crippen molar-refractivity contribution in [2.24, 2.45) is 0 Å². The molecule has 3 amide bonds. The summed E-state index contributed by atoms with van der Waals surface area (Å²) in [5.74, 6) is 0.203. The molecule has 1 unspecified atom stereocenters. The van der Waals surface area contributed by atoms with Gasteiger partial charge in [0.1, 0.15) is 11.3 Å². The first-order valence-corrected chi connectivity index (χ1v) is 13.3. The number of amides is 3. The van der Waals surface area contributed by atoms with E-state index in [1.165, 1.54) is 21.1 Å². The van der Waals surface area contributed by atoms with Gasteiger partial charge in [0.25, 0.3) is 5.91 Å². The van der Waals surface area contributed by atoms with E-state index in [4.69, 9.17) is 4.74 Å². The molecule has 0 saturated carbocycles. The molecule has 1 aliphatic heterocycles. The predicted octanol–water partition coefficient (Wildman–Crippen LogP) is 3.73. The van der Waals surface area contributed by atoms with Crippen LogP contribution in [0.2, 0.25) is 0 Å². The van der Waals surface area contributed by atoms with E-state index in [0.717, 1.165) is 5.56 Å². The number of benzene rings is 2. The molecule has 1 fully saturated rings. The Hall–Kier alpha value is -3.47. The number of anilines is 1. The highest BCUT2D eigenvalue weighted by atomic mass is 32.1. The molecule has 0 aliphatic carbocycles. The number of aromatic nitrogens is 1. The summed E-state index contributed by atoms with van der Waals surface area (Å²) < 4.78 is 5.60. The molecule has 0 bridgehead atoms. The lowest BCUT2D eigenvalue weighted by Crippen LogP contribution is -2.71. The van der Waals surface area contributed by atoms with Crippen LogP contribution in [-0.2, 0) is 11.8 Å². The number of rotatable bonds is 6. The van der Waals surface area contributed by atoms with Gasteiger partial charge < -0.3 is 30.1 Å². The average Bonchev–Trinajstić information content (AvgIpc) is 3.40. The zero-order valence-corrected chi connectivity index (χ0v) is 22.9. The van der Waals surface area contributed by atoms with Crippen molar-refractivity contribution in [1.29, 1.82) is 0 Å². The second-order valence-corrected chi connectivity index (χ2v) is 11.2. The van der Waals surface area contributed by atoms with E-state index in [-0.39, 0.29) is 43.4 Å². The molecule has 4 rings (SSSR count). The average molecular weight is 539 g/mol. The van der Waals surface area contributed by atoms with Crippen LogP contribution in [-0.4, -0.2) is 75.5 Å². The summed E-state index contributed by atoms with van der Waals surface area (Å²) in [6, 6.07) is 13.9. The number of thiazole rings is 1. The molecule has 1 atom stereocenters. The smallest absolute Gasteiger partial charge is 0.321 e. The molecule has 38 heavy (non-hydrogen) atoms. The van der Waals surface area contributed by atoms with Gasteiger partial charge in [0.15, 0.2) is 6.29 Å². The van der Waals surface area contributed by atoms with Gasteiger partial charge in [-0.1, -0.05) is 45.0 Å². The van der Waals surface area contributed by atoms with Crippen molar-refractivity contribution in [2.75, 3.05) is 32.1 Å². The van der Waals surface area contributed by atoms with Crippen LogP contribution < -0.4 is 10.1 Å². The van der Waals surface area contributed by atoms with Crippen LogP contribution in [0.4, 0.5) is 10.5 Å². The highest BCUT2D eigenvalue weighted by Crippen LogP contribution is 2.35. The Morgan fingerprint density at radius 1 is 1.16 bits per heavy atom. The lowest BCUT2D eigenvalue weighted by Gasteiger charge is -2.51. The lowest BCUT2D eigenvalue weighted by molar-refractivity contribution is -0.158. The van der Waals surface area contributed by atoms with Crippen LogP contribution in [0.1, 0.15) is 42.4 Å². The molecule has 9 nitrogen and oxygen atoms in total. The fourth-order valence-electron chi connectivity index (χ4n) is 4.84. The third-order valence-corrected chi connectivity index (χ3v) is 7.50. The molecule has 1 aromatic heterocycles. The highest BCUT2D eigenvalue weighted by molar-refractivity contribution is 7.07. The van der Waals surface area contributed by atoms with Crippen LogP contribution in [0.25, 0.3) is 0 Å². The summed E-state index contributed by atoms with van der Waals surface area (Å²) >= 11 is 1.38. The number of nitrogens with zero attached hydrogens (tertiary/aromatic N) is 3. The van der Waals surface area contributed by atoms with Crippen molar-refractivity contribution in [2.45, 2.75) is 44.4 Å². The number of hydrogen-bond donors (Lipinski definition) is 3. The molecule has 2 heterocycles. The normalized spacial score (nSPS) is 18.0. The Morgan fingerprint density at radius 3 is 2.50 bits per heavy atom. The van der Waals surface area contributed by atoms with Crippen molar-refractivity contribution in [3.63, 3.8) is 0 Å². The van der Waals surface area contributed by atoms with Crippen molar-refractivity contribution in [3.8, 4) is 5.75 Å². The number of methoxy groups -OCH3 is 1. The van der Waals surface area contributed by atoms with Gasteiger partial charge in [-0.2, -0.15) is 0 Å². The molecule has 0 spiro atoms. The third kappa shape index (κ3) is 5.67. The van der Waals surface area contributed by atoms with E-state index in [1.54, 1.807) is 42.3 Å². The monoisotopic (exact) mass is 538 g/mol. The largest absolute Gasteiger partial charge is 0.496 e. The quantitative estimate of drug-likeness (QED) is 0.412. The number of aliphatic hydroxyl groups is 2. The van der Waals surface area contributed by atoms with E-state index in [0.29, 0.717) is 22.7 Å². The number of carbonyl (C=O) groups is 2. The molecule has 202 valence electrons. The minimum absolute atomic E-state index is 0.0617. The number of aliphatic hydroxyl groups excluding tert-OH is 1. The number of ether oxygens (including phenoxy) is 1. The number of nitrogens with one attached hydrogen (secondary N) is 1.